The molecule has 0 spiro atoms. The average molecular weight is 311 g/mol. The maximum absolute atomic E-state index is 13.3. The van der Waals surface area contributed by atoms with Crippen LogP contribution in [0.1, 0.15) is 37.3 Å². The van der Waals surface area contributed by atoms with Crippen LogP contribution in [0.15, 0.2) is 18.2 Å². The van der Waals surface area contributed by atoms with Crippen LogP contribution in [0, 0.1) is 23.6 Å². The number of likely N-dealkylation sites (N-methyl/N-ethyl adjacent to an activating group) is 1. The van der Waals surface area contributed by atoms with Gasteiger partial charge in [-0.15, -0.1) is 0 Å². The Morgan fingerprint density at radius 2 is 2.19 bits per heavy atom. The third-order valence-electron chi connectivity index (χ3n) is 5.49. The lowest BCUT2D eigenvalue weighted by atomic mass is 9.88. The van der Waals surface area contributed by atoms with Gasteiger partial charge in [-0.1, -0.05) is 24.1 Å². The highest BCUT2D eigenvalue weighted by Gasteiger charge is 2.40. The number of nitrogens with two attached hydrogens (primary N) is 1. The Balaban J connectivity index is 1.68. The lowest BCUT2D eigenvalue weighted by molar-refractivity contribution is 0.176. The summed E-state index contributed by atoms with van der Waals surface area (Å²) in [5.41, 5.74) is 6.97. The SMILES string of the molecule is CN(CC1CC2CCC1C2)C(CN)c1ccc(F)c(Cl)c1. The number of nitrogens with zero attached hydrogens (tertiary/aromatic N) is 1. The van der Waals surface area contributed by atoms with E-state index in [9.17, 15) is 4.39 Å². The fourth-order valence-corrected chi connectivity index (χ4v) is 4.58. The third-order valence-corrected chi connectivity index (χ3v) is 5.78. The molecule has 2 N–H and O–H groups in total. The molecule has 2 fully saturated rings. The van der Waals surface area contributed by atoms with Gasteiger partial charge in [-0.25, -0.2) is 4.39 Å². The fourth-order valence-electron chi connectivity index (χ4n) is 4.39. The van der Waals surface area contributed by atoms with E-state index in [4.69, 9.17) is 17.3 Å². The monoisotopic (exact) mass is 310 g/mol. The normalized spacial score (nSPS) is 29.3. The Labute approximate surface area is 131 Å². The molecule has 4 heteroatoms. The van der Waals surface area contributed by atoms with E-state index in [0.29, 0.717) is 6.54 Å². The first kappa shape index (κ1) is 15.3. The second-order valence-electron chi connectivity index (χ2n) is 6.80. The Hall–Kier alpha value is -0.640. The maximum Gasteiger partial charge on any atom is 0.141 e. The Kier molecular flexibility index (Phi) is 4.53. The summed E-state index contributed by atoms with van der Waals surface area (Å²) in [4.78, 5) is 2.33. The lowest BCUT2D eigenvalue weighted by Gasteiger charge is -2.32. The molecule has 4 atom stereocenters. The van der Waals surface area contributed by atoms with Gasteiger partial charge < -0.3 is 5.73 Å². The minimum absolute atomic E-state index is 0.113. The van der Waals surface area contributed by atoms with E-state index in [1.54, 1.807) is 12.1 Å². The predicted octanol–water partition coefficient (Wildman–Crippen LogP) is 3.85. The van der Waals surface area contributed by atoms with Crippen LogP contribution >= 0.6 is 11.6 Å². The van der Waals surface area contributed by atoms with E-state index in [1.165, 1.54) is 31.7 Å². The fraction of sp³-hybridized carbons (Fsp3) is 0.647. The second kappa shape index (κ2) is 6.23. The smallest absolute Gasteiger partial charge is 0.141 e. The van der Waals surface area contributed by atoms with Crippen LogP contribution in [0.25, 0.3) is 0 Å². The molecule has 4 unspecified atom stereocenters. The van der Waals surface area contributed by atoms with Gasteiger partial charge >= 0.3 is 0 Å². The van der Waals surface area contributed by atoms with Crippen molar-refractivity contribution >= 4 is 11.6 Å². The maximum atomic E-state index is 13.3. The summed E-state index contributed by atoms with van der Waals surface area (Å²) in [5.74, 6) is 2.31. The molecule has 0 radical (unpaired) electrons. The van der Waals surface area contributed by atoms with Gasteiger partial charge in [-0.05, 0) is 61.8 Å². The summed E-state index contributed by atoms with van der Waals surface area (Å²) in [6.07, 6.45) is 5.63. The Morgan fingerprint density at radius 3 is 2.76 bits per heavy atom. The summed E-state index contributed by atoms with van der Waals surface area (Å²) >= 11 is 5.91. The van der Waals surface area contributed by atoms with Crippen molar-refractivity contribution in [1.82, 2.24) is 4.90 Å². The van der Waals surface area contributed by atoms with Gasteiger partial charge in [0.05, 0.1) is 5.02 Å². The molecule has 0 aliphatic heterocycles. The molecule has 21 heavy (non-hydrogen) atoms. The molecular weight excluding hydrogens is 287 g/mol. The van der Waals surface area contributed by atoms with Crippen molar-refractivity contribution in [2.75, 3.05) is 20.1 Å². The highest BCUT2D eigenvalue weighted by atomic mass is 35.5. The quantitative estimate of drug-likeness (QED) is 0.895. The minimum Gasteiger partial charge on any atom is -0.329 e. The zero-order valence-electron chi connectivity index (χ0n) is 12.6. The number of rotatable bonds is 5. The van der Waals surface area contributed by atoms with Crippen LogP contribution in [0.3, 0.4) is 0 Å². The molecule has 3 rings (SSSR count). The largest absolute Gasteiger partial charge is 0.329 e. The third kappa shape index (κ3) is 3.10. The topological polar surface area (TPSA) is 29.3 Å². The number of halogens is 2. The van der Waals surface area contributed by atoms with Crippen LogP contribution in [-0.4, -0.2) is 25.0 Å². The van der Waals surface area contributed by atoms with Crippen LogP contribution < -0.4 is 5.73 Å². The van der Waals surface area contributed by atoms with Gasteiger partial charge in [0, 0.05) is 19.1 Å². The van der Waals surface area contributed by atoms with Crippen molar-refractivity contribution in [2.24, 2.45) is 23.5 Å². The Bertz CT molecular complexity index is 508. The molecule has 1 aromatic rings. The highest BCUT2D eigenvalue weighted by molar-refractivity contribution is 6.30. The molecule has 0 heterocycles. The lowest BCUT2D eigenvalue weighted by Crippen LogP contribution is -2.35. The van der Waals surface area contributed by atoms with Gasteiger partial charge in [-0.2, -0.15) is 0 Å². The first-order valence-electron chi connectivity index (χ1n) is 7.93. The van der Waals surface area contributed by atoms with Gasteiger partial charge in [0.1, 0.15) is 5.82 Å². The van der Waals surface area contributed by atoms with Crippen molar-refractivity contribution < 1.29 is 4.39 Å². The van der Waals surface area contributed by atoms with Gasteiger partial charge in [0.25, 0.3) is 0 Å². The molecule has 2 nitrogen and oxygen atoms in total. The zero-order valence-corrected chi connectivity index (χ0v) is 13.3. The van der Waals surface area contributed by atoms with Crippen molar-refractivity contribution in [3.8, 4) is 0 Å². The molecule has 0 aromatic heterocycles. The molecule has 0 saturated heterocycles. The van der Waals surface area contributed by atoms with E-state index < -0.39 is 0 Å². The standard InChI is InChI=1S/C17H24ClFN2/c1-21(10-14-7-11-2-3-12(14)6-11)17(9-20)13-4-5-16(19)15(18)8-13/h4-5,8,11-12,14,17H,2-3,6-7,9-10,20H2,1H3. The van der Waals surface area contributed by atoms with Gasteiger partial charge in [-0.3, -0.25) is 4.90 Å². The number of benzene rings is 1. The van der Waals surface area contributed by atoms with Crippen LogP contribution in [0.2, 0.25) is 5.02 Å². The Morgan fingerprint density at radius 1 is 1.38 bits per heavy atom. The van der Waals surface area contributed by atoms with Gasteiger partial charge in [0.15, 0.2) is 0 Å². The van der Waals surface area contributed by atoms with Crippen molar-refractivity contribution in [2.45, 2.75) is 31.7 Å². The zero-order chi connectivity index (χ0) is 15.0. The van der Waals surface area contributed by atoms with E-state index in [1.807, 2.05) is 0 Å². The van der Waals surface area contributed by atoms with Crippen molar-refractivity contribution in [1.29, 1.82) is 0 Å². The second-order valence-corrected chi connectivity index (χ2v) is 7.21. The summed E-state index contributed by atoms with van der Waals surface area (Å²) in [6.45, 7) is 1.61. The first-order chi connectivity index (χ1) is 10.1. The summed E-state index contributed by atoms with van der Waals surface area (Å²) < 4.78 is 13.3. The summed E-state index contributed by atoms with van der Waals surface area (Å²) in [7, 11) is 2.13. The predicted molar refractivity (Wildman–Crippen MR) is 84.8 cm³/mol. The number of fused-ring (bicyclic) bond motifs is 2. The first-order valence-corrected chi connectivity index (χ1v) is 8.31. The minimum atomic E-state index is -0.369. The highest BCUT2D eigenvalue weighted by Crippen LogP contribution is 2.48. The van der Waals surface area contributed by atoms with Crippen LogP contribution in [-0.2, 0) is 0 Å². The van der Waals surface area contributed by atoms with E-state index >= 15 is 0 Å². The molecule has 2 bridgehead atoms. The van der Waals surface area contributed by atoms with Crippen LogP contribution in [0.4, 0.5) is 4.39 Å². The van der Waals surface area contributed by atoms with Crippen LogP contribution in [0.5, 0.6) is 0 Å². The number of hydrogen-bond donors (Lipinski definition) is 1. The molecule has 2 aliphatic carbocycles. The molecule has 2 saturated carbocycles. The van der Waals surface area contributed by atoms with E-state index in [-0.39, 0.29) is 16.9 Å². The van der Waals surface area contributed by atoms with Gasteiger partial charge in [0.2, 0.25) is 0 Å². The molecular formula is C17H24ClFN2. The molecule has 116 valence electrons. The summed E-state index contributed by atoms with van der Waals surface area (Å²) in [5, 5.41) is 0.180. The molecule has 1 aromatic carbocycles. The summed E-state index contributed by atoms with van der Waals surface area (Å²) in [6, 6.07) is 5.07. The molecule has 2 aliphatic rings. The van der Waals surface area contributed by atoms with E-state index in [2.05, 4.69) is 11.9 Å². The van der Waals surface area contributed by atoms with Crippen molar-refractivity contribution in [3.63, 3.8) is 0 Å². The van der Waals surface area contributed by atoms with Crippen molar-refractivity contribution in [3.05, 3.63) is 34.6 Å². The van der Waals surface area contributed by atoms with E-state index in [0.717, 1.165) is 29.9 Å². The number of hydrogen-bond acceptors (Lipinski definition) is 2. The molecule has 0 amide bonds. The average Bonchev–Trinajstić information content (AvgIpc) is 3.06.